The van der Waals surface area contributed by atoms with Gasteiger partial charge in [0.15, 0.2) is 5.75 Å². The molecule has 1 aliphatic carbocycles. The van der Waals surface area contributed by atoms with Gasteiger partial charge in [0.25, 0.3) is 5.91 Å². The van der Waals surface area contributed by atoms with E-state index in [4.69, 9.17) is 4.74 Å². The van der Waals surface area contributed by atoms with E-state index in [2.05, 4.69) is 37.3 Å². The number of amides is 1. The molecule has 1 aliphatic rings. The minimum Gasteiger partial charge on any atom is -0.492 e. The van der Waals surface area contributed by atoms with Crippen LogP contribution in [-0.4, -0.2) is 60.8 Å². The smallest absolute Gasteiger partial charge is 0.255 e. The number of nitrogens with one attached hydrogen (secondary N) is 2. The molecular formula is C31H37N7O4S. The summed E-state index contributed by atoms with van der Waals surface area (Å²) in [6.45, 7) is 7.93. The van der Waals surface area contributed by atoms with Crippen molar-refractivity contribution in [2.24, 2.45) is 0 Å². The largest absolute Gasteiger partial charge is 0.492 e. The predicted octanol–water partition coefficient (Wildman–Crippen LogP) is 5.17. The molecule has 5 rings (SSSR count). The summed E-state index contributed by atoms with van der Waals surface area (Å²) in [5, 5.41) is 11.6. The Morgan fingerprint density at radius 3 is 2.42 bits per heavy atom. The van der Waals surface area contributed by atoms with Crippen molar-refractivity contribution in [3.05, 3.63) is 71.5 Å². The first-order valence-corrected chi connectivity index (χ1v) is 15.9. The van der Waals surface area contributed by atoms with Gasteiger partial charge in [-0.25, -0.2) is 18.1 Å². The molecule has 12 heteroatoms. The highest BCUT2D eigenvalue weighted by Crippen LogP contribution is 2.39. The highest BCUT2D eigenvalue weighted by atomic mass is 32.2. The van der Waals surface area contributed by atoms with Gasteiger partial charge in [-0.3, -0.25) is 9.52 Å². The Morgan fingerprint density at radius 2 is 1.81 bits per heavy atom. The molecule has 4 aromatic rings. The van der Waals surface area contributed by atoms with Crippen LogP contribution in [0.4, 0.5) is 17.2 Å². The van der Waals surface area contributed by atoms with E-state index in [0.717, 1.165) is 28.8 Å². The third kappa shape index (κ3) is 6.80. The molecule has 0 atom stereocenters. The number of carbonyl (C=O) groups is 1. The molecule has 2 aromatic carbocycles. The maximum absolute atomic E-state index is 13.5. The molecular weight excluding hydrogens is 566 g/mol. The molecule has 2 N–H and O–H groups in total. The molecule has 0 radical (unpaired) electrons. The van der Waals surface area contributed by atoms with Crippen LogP contribution in [-0.2, 0) is 15.4 Å². The van der Waals surface area contributed by atoms with Crippen molar-refractivity contribution < 1.29 is 17.9 Å². The summed E-state index contributed by atoms with van der Waals surface area (Å²) in [5.41, 5.74) is 4.56. The van der Waals surface area contributed by atoms with E-state index in [-0.39, 0.29) is 16.9 Å². The van der Waals surface area contributed by atoms with Crippen LogP contribution in [0.25, 0.3) is 16.9 Å². The number of hydrogen-bond acceptors (Lipinski definition) is 8. The van der Waals surface area contributed by atoms with Crippen molar-refractivity contribution in [3.63, 3.8) is 0 Å². The van der Waals surface area contributed by atoms with Crippen molar-refractivity contribution in [3.8, 4) is 22.7 Å². The fraction of sp³-hybridized carbons (Fsp3) is 0.355. The third-order valence-corrected chi connectivity index (χ3v) is 8.00. The van der Waals surface area contributed by atoms with Crippen molar-refractivity contribution in [1.82, 2.24) is 20.0 Å². The minimum absolute atomic E-state index is 0.211. The molecule has 0 aliphatic heterocycles. The number of rotatable bonds is 9. The number of anilines is 3. The van der Waals surface area contributed by atoms with E-state index < -0.39 is 15.9 Å². The van der Waals surface area contributed by atoms with Crippen molar-refractivity contribution >= 4 is 33.1 Å². The summed E-state index contributed by atoms with van der Waals surface area (Å²) in [6.07, 6.45) is 7.07. The lowest BCUT2D eigenvalue weighted by Gasteiger charge is -2.24. The van der Waals surface area contributed by atoms with Crippen LogP contribution in [0.1, 0.15) is 55.1 Å². The molecule has 0 bridgehead atoms. The van der Waals surface area contributed by atoms with Gasteiger partial charge in [-0.2, -0.15) is 0 Å². The van der Waals surface area contributed by atoms with E-state index in [0.29, 0.717) is 28.7 Å². The van der Waals surface area contributed by atoms with Crippen LogP contribution in [0.15, 0.2) is 54.9 Å². The Hall–Kier alpha value is -4.45. The standard InChI is InChI=1S/C31H37N7O4S/c1-19-8-9-20(30(39)33-24-15-22(31(2,3)4)16-25(29(24)42-6)35-43(7,40)41)14-27(19)38-18-26(34-36-38)21-10-13-28(32-17-21)37(5)23-11-12-23/h8-10,13-18,23,35H,11-12H2,1-7H3,(H,33,39). The zero-order valence-electron chi connectivity index (χ0n) is 25.5. The van der Waals surface area contributed by atoms with Gasteiger partial charge in [-0.05, 0) is 72.7 Å². The third-order valence-electron chi connectivity index (χ3n) is 7.41. The van der Waals surface area contributed by atoms with Crippen LogP contribution in [0, 0.1) is 6.92 Å². The van der Waals surface area contributed by atoms with Gasteiger partial charge < -0.3 is 15.0 Å². The van der Waals surface area contributed by atoms with Gasteiger partial charge in [-0.15, -0.1) is 5.10 Å². The number of aromatic nitrogens is 4. The predicted molar refractivity (Wildman–Crippen MR) is 169 cm³/mol. The average Bonchev–Trinajstić information content (AvgIpc) is 3.68. The molecule has 2 heterocycles. The first kappa shape index (κ1) is 30.0. The zero-order chi connectivity index (χ0) is 31.1. The SMILES string of the molecule is COc1c(NC(=O)c2ccc(C)c(-n3cc(-c4ccc(N(C)C5CC5)nc4)nn3)c2)cc(C(C)(C)C)cc1NS(C)(=O)=O. The number of pyridine rings is 1. The summed E-state index contributed by atoms with van der Waals surface area (Å²) in [6, 6.07) is 13.4. The lowest BCUT2D eigenvalue weighted by Crippen LogP contribution is -2.20. The average molecular weight is 604 g/mol. The maximum atomic E-state index is 13.5. The van der Waals surface area contributed by atoms with Crippen molar-refractivity contribution in [2.75, 3.05) is 35.4 Å². The fourth-order valence-corrected chi connectivity index (χ4v) is 5.30. The highest BCUT2D eigenvalue weighted by Gasteiger charge is 2.27. The molecule has 43 heavy (non-hydrogen) atoms. The molecule has 2 aromatic heterocycles. The van der Waals surface area contributed by atoms with E-state index in [1.807, 2.05) is 52.1 Å². The van der Waals surface area contributed by atoms with Crippen LogP contribution >= 0.6 is 0 Å². The summed E-state index contributed by atoms with van der Waals surface area (Å²) < 4.78 is 33.8. The number of carbonyl (C=O) groups excluding carboxylic acids is 1. The van der Waals surface area contributed by atoms with Gasteiger partial charge in [0.2, 0.25) is 10.0 Å². The Balaban J connectivity index is 1.42. The molecule has 11 nitrogen and oxygen atoms in total. The summed E-state index contributed by atoms with van der Waals surface area (Å²) in [4.78, 5) is 20.3. The summed E-state index contributed by atoms with van der Waals surface area (Å²) in [7, 11) is -0.113. The first-order chi connectivity index (χ1) is 20.2. The van der Waals surface area contributed by atoms with Crippen LogP contribution in [0.5, 0.6) is 5.75 Å². The Bertz CT molecular complexity index is 1770. The molecule has 226 valence electrons. The second-order valence-corrected chi connectivity index (χ2v) is 13.7. The normalized spacial score (nSPS) is 13.5. The number of benzene rings is 2. The van der Waals surface area contributed by atoms with Crippen molar-refractivity contribution in [2.45, 2.75) is 52.0 Å². The molecule has 0 spiro atoms. The van der Waals surface area contributed by atoms with Crippen LogP contribution < -0.4 is 19.7 Å². The van der Waals surface area contributed by atoms with E-state index in [1.54, 1.807) is 35.1 Å². The van der Waals surface area contributed by atoms with E-state index in [1.165, 1.54) is 20.0 Å². The Kier molecular flexibility index (Phi) is 7.91. The Morgan fingerprint density at radius 1 is 1.09 bits per heavy atom. The van der Waals surface area contributed by atoms with Gasteiger partial charge in [0, 0.05) is 30.4 Å². The number of hydrogen-bond donors (Lipinski definition) is 2. The topological polar surface area (TPSA) is 131 Å². The lowest BCUT2D eigenvalue weighted by molar-refractivity contribution is 0.102. The minimum atomic E-state index is -3.60. The first-order valence-electron chi connectivity index (χ1n) is 14.0. The number of methoxy groups -OCH3 is 1. The van der Waals surface area contributed by atoms with Gasteiger partial charge >= 0.3 is 0 Å². The van der Waals surface area contributed by atoms with Crippen molar-refractivity contribution in [1.29, 1.82) is 0 Å². The summed E-state index contributed by atoms with van der Waals surface area (Å²) >= 11 is 0. The molecule has 1 amide bonds. The monoisotopic (exact) mass is 603 g/mol. The van der Waals surface area contributed by atoms with Gasteiger partial charge in [0.05, 0.1) is 36.6 Å². The number of nitrogens with zero attached hydrogens (tertiary/aromatic N) is 5. The Labute approximate surface area is 252 Å². The fourth-order valence-electron chi connectivity index (χ4n) is 4.75. The van der Waals surface area contributed by atoms with Gasteiger partial charge in [0.1, 0.15) is 11.5 Å². The van der Waals surface area contributed by atoms with Crippen LogP contribution in [0.3, 0.4) is 0 Å². The number of ether oxygens (including phenoxy) is 1. The summed E-state index contributed by atoms with van der Waals surface area (Å²) in [5.74, 6) is 0.746. The lowest BCUT2D eigenvalue weighted by atomic mass is 9.86. The number of aryl methyl sites for hydroxylation is 1. The molecule has 1 fully saturated rings. The van der Waals surface area contributed by atoms with Gasteiger partial charge in [-0.1, -0.05) is 32.1 Å². The number of sulfonamides is 1. The molecule has 0 saturated heterocycles. The quantitative estimate of drug-likeness (QED) is 0.268. The zero-order valence-corrected chi connectivity index (χ0v) is 26.3. The van der Waals surface area contributed by atoms with E-state index >= 15 is 0 Å². The van der Waals surface area contributed by atoms with Crippen LogP contribution in [0.2, 0.25) is 0 Å². The second-order valence-electron chi connectivity index (χ2n) is 12.0. The maximum Gasteiger partial charge on any atom is 0.255 e. The molecule has 1 saturated carbocycles. The molecule has 0 unspecified atom stereocenters. The van der Waals surface area contributed by atoms with E-state index in [9.17, 15) is 13.2 Å². The second kappa shape index (κ2) is 11.3. The highest BCUT2D eigenvalue weighted by molar-refractivity contribution is 7.92.